The summed E-state index contributed by atoms with van der Waals surface area (Å²) in [5, 5.41) is 10.1. The van der Waals surface area contributed by atoms with E-state index in [1.165, 1.54) is 12.8 Å². The molecule has 0 aromatic heterocycles. The van der Waals surface area contributed by atoms with Crippen LogP contribution in [-0.4, -0.2) is 22.8 Å². The quantitative estimate of drug-likeness (QED) is 0.795. The average Bonchev–Trinajstić information content (AvgIpc) is 2.88. The molecule has 0 amide bonds. The second-order valence-electron chi connectivity index (χ2n) is 9.74. The van der Waals surface area contributed by atoms with Crippen LogP contribution in [0.15, 0.2) is 0 Å². The van der Waals surface area contributed by atoms with Gasteiger partial charge in [0.1, 0.15) is 11.6 Å². The van der Waals surface area contributed by atoms with E-state index in [0.29, 0.717) is 35.9 Å². The van der Waals surface area contributed by atoms with Gasteiger partial charge in [-0.15, -0.1) is 0 Å². The molecule has 0 aromatic carbocycles. The molecule has 4 rings (SSSR count). The maximum Gasteiger partial charge on any atom is 0.140 e. The number of fused-ring (bicyclic) bond motifs is 5. The van der Waals surface area contributed by atoms with Crippen LogP contribution >= 0.6 is 0 Å². The van der Waals surface area contributed by atoms with Crippen molar-refractivity contribution in [2.24, 2.45) is 40.4 Å². The monoisotopic (exact) mass is 332 g/mol. The summed E-state index contributed by atoms with van der Waals surface area (Å²) in [4.78, 5) is 25.4. The molecule has 0 spiro atoms. The lowest BCUT2D eigenvalue weighted by atomic mass is 9.44. The summed E-state index contributed by atoms with van der Waals surface area (Å²) in [5.74, 6) is 2.59. The Bertz CT molecular complexity index is 569. The fraction of sp³-hybridized carbons (Fsp3) is 0.905. The first-order valence-electron chi connectivity index (χ1n) is 10.00. The summed E-state index contributed by atoms with van der Waals surface area (Å²) in [6.07, 6.45) is 7.75. The van der Waals surface area contributed by atoms with Gasteiger partial charge in [0.25, 0.3) is 0 Å². The minimum Gasteiger partial charge on any atom is -0.393 e. The fourth-order valence-corrected chi connectivity index (χ4v) is 7.59. The van der Waals surface area contributed by atoms with E-state index in [2.05, 4.69) is 13.8 Å². The molecule has 4 aliphatic carbocycles. The van der Waals surface area contributed by atoms with Crippen LogP contribution in [0.5, 0.6) is 0 Å². The minimum absolute atomic E-state index is 0.0466. The van der Waals surface area contributed by atoms with Gasteiger partial charge in [0.15, 0.2) is 0 Å². The lowest BCUT2D eigenvalue weighted by Crippen LogP contribution is -2.57. The Labute approximate surface area is 145 Å². The Kier molecular flexibility index (Phi) is 3.77. The predicted molar refractivity (Wildman–Crippen MR) is 92.3 cm³/mol. The second-order valence-corrected chi connectivity index (χ2v) is 9.74. The second kappa shape index (κ2) is 5.40. The average molecular weight is 332 g/mol. The van der Waals surface area contributed by atoms with Gasteiger partial charge in [-0.25, -0.2) is 0 Å². The molecule has 0 heterocycles. The van der Waals surface area contributed by atoms with E-state index in [4.69, 9.17) is 0 Å². The van der Waals surface area contributed by atoms with Gasteiger partial charge in [-0.1, -0.05) is 13.8 Å². The van der Waals surface area contributed by atoms with E-state index in [0.717, 1.165) is 32.1 Å². The van der Waals surface area contributed by atoms with Crippen LogP contribution in [0, 0.1) is 40.4 Å². The van der Waals surface area contributed by atoms with Crippen molar-refractivity contribution >= 4 is 11.6 Å². The molecule has 134 valence electrons. The normalized spacial score (nSPS) is 53.9. The number of hydrogen-bond acceptors (Lipinski definition) is 3. The molecule has 3 nitrogen and oxygen atoms in total. The molecule has 0 radical (unpaired) electrons. The Morgan fingerprint density at radius 2 is 1.83 bits per heavy atom. The van der Waals surface area contributed by atoms with Gasteiger partial charge in [-0.05, 0) is 81.0 Å². The zero-order valence-electron chi connectivity index (χ0n) is 15.4. The summed E-state index contributed by atoms with van der Waals surface area (Å²) in [5.41, 5.74) is -0.183. The molecule has 0 saturated heterocycles. The van der Waals surface area contributed by atoms with Crippen LogP contribution in [-0.2, 0) is 9.59 Å². The first kappa shape index (κ1) is 16.8. The number of hydrogen-bond donors (Lipinski definition) is 1. The number of ketones is 2. The van der Waals surface area contributed by atoms with Crippen LogP contribution in [0.1, 0.15) is 72.1 Å². The van der Waals surface area contributed by atoms with E-state index in [1.54, 1.807) is 6.92 Å². The van der Waals surface area contributed by atoms with Crippen LogP contribution < -0.4 is 0 Å². The molecule has 3 heteroatoms. The molecule has 4 aliphatic rings. The Morgan fingerprint density at radius 1 is 1.08 bits per heavy atom. The molecule has 0 bridgehead atoms. The van der Waals surface area contributed by atoms with Crippen molar-refractivity contribution in [3.63, 3.8) is 0 Å². The molecule has 0 aliphatic heterocycles. The maximum atomic E-state index is 13.2. The predicted octanol–water partition coefficient (Wildman–Crippen LogP) is 3.77. The molecular formula is C21H32O3. The van der Waals surface area contributed by atoms with Crippen LogP contribution in [0.25, 0.3) is 0 Å². The van der Waals surface area contributed by atoms with Gasteiger partial charge in [-0.2, -0.15) is 0 Å². The zero-order chi connectivity index (χ0) is 17.3. The van der Waals surface area contributed by atoms with E-state index in [-0.39, 0.29) is 23.2 Å². The van der Waals surface area contributed by atoms with Gasteiger partial charge in [0.2, 0.25) is 0 Å². The lowest BCUT2D eigenvalue weighted by Gasteiger charge is -2.60. The highest BCUT2D eigenvalue weighted by Crippen LogP contribution is 2.66. The SMILES string of the molecule is CC(=O)[C@H]1CC[C@H]2[C@@H]3CC[C@H]4C[C@H](O)CC[C@]4(C)[C@H]3CC(=O)[C@]12C. The third-order valence-corrected chi connectivity index (χ3v) is 8.99. The van der Waals surface area contributed by atoms with Crippen LogP contribution in [0.2, 0.25) is 0 Å². The van der Waals surface area contributed by atoms with Crippen molar-refractivity contribution in [1.29, 1.82) is 0 Å². The number of carbonyl (C=O) groups is 2. The Hall–Kier alpha value is -0.700. The van der Waals surface area contributed by atoms with E-state index >= 15 is 0 Å². The van der Waals surface area contributed by atoms with Crippen molar-refractivity contribution in [2.75, 3.05) is 0 Å². The molecule has 1 N–H and O–H groups in total. The van der Waals surface area contributed by atoms with Crippen molar-refractivity contribution in [1.82, 2.24) is 0 Å². The molecule has 8 atom stereocenters. The highest BCUT2D eigenvalue weighted by Gasteiger charge is 2.64. The third-order valence-electron chi connectivity index (χ3n) is 8.99. The summed E-state index contributed by atoms with van der Waals surface area (Å²) >= 11 is 0. The highest BCUT2D eigenvalue weighted by molar-refractivity contribution is 5.93. The van der Waals surface area contributed by atoms with Crippen molar-refractivity contribution in [3.8, 4) is 0 Å². The molecule has 24 heavy (non-hydrogen) atoms. The first-order chi connectivity index (χ1) is 11.3. The zero-order valence-corrected chi connectivity index (χ0v) is 15.4. The minimum atomic E-state index is -0.398. The van der Waals surface area contributed by atoms with Crippen molar-refractivity contribution in [3.05, 3.63) is 0 Å². The topological polar surface area (TPSA) is 54.4 Å². The smallest absolute Gasteiger partial charge is 0.140 e. The summed E-state index contributed by atoms with van der Waals surface area (Å²) < 4.78 is 0. The summed E-state index contributed by atoms with van der Waals surface area (Å²) in [7, 11) is 0. The van der Waals surface area contributed by atoms with Gasteiger partial charge >= 0.3 is 0 Å². The molecule has 0 aromatic rings. The summed E-state index contributed by atoms with van der Waals surface area (Å²) in [6, 6.07) is 0. The van der Waals surface area contributed by atoms with Gasteiger partial charge in [0.05, 0.1) is 6.10 Å². The molecule has 4 saturated carbocycles. The van der Waals surface area contributed by atoms with Gasteiger partial charge in [-0.3, -0.25) is 9.59 Å². The maximum absolute atomic E-state index is 13.2. The number of rotatable bonds is 1. The van der Waals surface area contributed by atoms with Gasteiger partial charge < -0.3 is 5.11 Å². The fourth-order valence-electron chi connectivity index (χ4n) is 7.59. The molecule has 0 unspecified atom stereocenters. The van der Waals surface area contributed by atoms with Gasteiger partial charge in [0, 0.05) is 17.8 Å². The Morgan fingerprint density at radius 3 is 2.54 bits per heavy atom. The van der Waals surface area contributed by atoms with E-state index in [1.807, 2.05) is 0 Å². The molecule has 4 fully saturated rings. The van der Waals surface area contributed by atoms with Crippen molar-refractivity contribution < 1.29 is 14.7 Å². The first-order valence-corrected chi connectivity index (χ1v) is 10.00. The Balaban J connectivity index is 1.68. The number of carbonyl (C=O) groups excluding carboxylic acids is 2. The third kappa shape index (κ3) is 2.06. The summed E-state index contributed by atoms with van der Waals surface area (Å²) in [6.45, 7) is 6.18. The highest BCUT2D eigenvalue weighted by atomic mass is 16.3. The standard InChI is InChI=1S/C21H32O3/c1-12(22)16-6-7-17-15-5-4-13-10-14(23)8-9-20(13,2)18(15)11-19(24)21(16,17)3/h13-18,23H,4-11H2,1-3H3/t13-,14+,15-,16+,17-,18-,20-,21+/m0/s1. The number of aliphatic hydroxyl groups is 1. The van der Waals surface area contributed by atoms with E-state index in [9.17, 15) is 14.7 Å². The lowest BCUT2D eigenvalue weighted by molar-refractivity contribution is -0.161. The number of aliphatic hydroxyl groups excluding tert-OH is 1. The van der Waals surface area contributed by atoms with E-state index < -0.39 is 5.41 Å². The van der Waals surface area contributed by atoms with Crippen LogP contribution in [0.4, 0.5) is 0 Å². The number of Topliss-reactive ketones (excluding diaryl/α,β-unsaturated/α-hetero) is 2. The molecular weight excluding hydrogens is 300 g/mol. The largest absolute Gasteiger partial charge is 0.393 e. The van der Waals surface area contributed by atoms with Crippen LogP contribution in [0.3, 0.4) is 0 Å². The van der Waals surface area contributed by atoms with Crippen molar-refractivity contribution in [2.45, 2.75) is 78.2 Å².